The van der Waals surface area contributed by atoms with Gasteiger partial charge >= 0.3 is 0 Å². The molecule has 4 nitrogen and oxygen atoms in total. The van der Waals surface area contributed by atoms with Crippen molar-refractivity contribution in [3.8, 4) is 11.5 Å². The van der Waals surface area contributed by atoms with Gasteiger partial charge in [-0.1, -0.05) is 6.07 Å². The fraction of sp³-hybridized carbons (Fsp3) is 0.538. The van der Waals surface area contributed by atoms with Crippen LogP contribution in [0.4, 0.5) is 0 Å². The van der Waals surface area contributed by atoms with Crippen LogP contribution in [0.5, 0.6) is 11.5 Å². The van der Waals surface area contributed by atoms with Gasteiger partial charge in [0, 0.05) is 6.61 Å². The third-order valence-corrected chi connectivity index (χ3v) is 3.22. The van der Waals surface area contributed by atoms with Crippen molar-refractivity contribution in [1.29, 1.82) is 0 Å². The monoisotopic (exact) mass is 236 g/mol. The van der Waals surface area contributed by atoms with Crippen LogP contribution >= 0.6 is 0 Å². The Morgan fingerprint density at radius 3 is 2.71 bits per heavy atom. The summed E-state index contributed by atoms with van der Waals surface area (Å²) in [5, 5.41) is 10.2. The molecule has 1 aromatic rings. The molecular weight excluding hydrogens is 220 g/mol. The first-order valence-corrected chi connectivity index (χ1v) is 6.04. The molecule has 3 rings (SSSR count). The maximum Gasteiger partial charge on any atom is 0.161 e. The molecule has 2 heterocycles. The molecule has 17 heavy (non-hydrogen) atoms. The highest BCUT2D eigenvalue weighted by molar-refractivity contribution is 5.44. The summed E-state index contributed by atoms with van der Waals surface area (Å²) in [6.45, 7) is 1.89. The van der Waals surface area contributed by atoms with Crippen LogP contribution in [-0.4, -0.2) is 31.0 Å². The lowest BCUT2D eigenvalue weighted by Crippen LogP contribution is -2.19. The van der Waals surface area contributed by atoms with Crippen LogP contribution in [0, 0.1) is 0 Å². The van der Waals surface area contributed by atoms with Crippen LogP contribution in [-0.2, 0) is 4.74 Å². The zero-order valence-corrected chi connectivity index (χ0v) is 9.59. The highest BCUT2D eigenvalue weighted by Gasteiger charge is 2.26. The zero-order chi connectivity index (χ0) is 11.7. The SMILES string of the molecule is OC(c1ccc2c(c1)OCCO2)C1CCCO1. The molecule has 1 fully saturated rings. The van der Waals surface area contributed by atoms with Crippen molar-refractivity contribution in [3.05, 3.63) is 23.8 Å². The lowest BCUT2D eigenvalue weighted by molar-refractivity contribution is -0.00279. The van der Waals surface area contributed by atoms with Crippen LogP contribution in [0.1, 0.15) is 24.5 Å². The normalized spacial score (nSPS) is 24.6. The first-order valence-electron chi connectivity index (χ1n) is 6.04. The molecule has 0 radical (unpaired) electrons. The lowest BCUT2D eigenvalue weighted by atomic mass is 10.0. The second-order valence-electron chi connectivity index (χ2n) is 4.40. The van der Waals surface area contributed by atoms with Crippen molar-refractivity contribution in [2.24, 2.45) is 0 Å². The lowest BCUT2D eigenvalue weighted by Gasteiger charge is -2.22. The first-order chi connectivity index (χ1) is 8.34. The van der Waals surface area contributed by atoms with E-state index in [-0.39, 0.29) is 6.10 Å². The number of hydrogen-bond acceptors (Lipinski definition) is 4. The summed E-state index contributed by atoms with van der Waals surface area (Å²) in [5.74, 6) is 1.46. The fourth-order valence-corrected chi connectivity index (χ4v) is 2.31. The van der Waals surface area contributed by atoms with E-state index >= 15 is 0 Å². The maximum absolute atomic E-state index is 10.2. The van der Waals surface area contributed by atoms with E-state index in [2.05, 4.69) is 0 Å². The topological polar surface area (TPSA) is 47.9 Å². The molecule has 0 saturated carbocycles. The van der Waals surface area contributed by atoms with E-state index in [0.717, 1.165) is 30.8 Å². The van der Waals surface area contributed by atoms with Gasteiger partial charge in [-0.15, -0.1) is 0 Å². The van der Waals surface area contributed by atoms with Gasteiger partial charge < -0.3 is 19.3 Å². The van der Waals surface area contributed by atoms with E-state index in [4.69, 9.17) is 14.2 Å². The van der Waals surface area contributed by atoms with Crippen molar-refractivity contribution in [2.45, 2.75) is 25.0 Å². The van der Waals surface area contributed by atoms with Crippen molar-refractivity contribution < 1.29 is 19.3 Å². The van der Waals surface area contributed by atoms with Gasteiger partial charge in [-0.2, -0.15) is 0 Å². The summed E-state index contributed by atoms with van der Waals surface area (Å²) < 4.78 is 16.4. The molecular formula is C13H16O4. The molecule has 2 unspecified atom stereocenters. The first kappa shape index (κ1) is 10.9. The molecule has 0 bridgehead atoms. The van der Waals surface area contributed by atoms with Gasteiger partial charge in [0.05, 0.1) is 6.10 Å². The predicted octanol–water partition coefficient (Wildman–Crippen LogP) is 1.67. The molecule has 0 aromatic heterocycles. The van der Waals surface area contributed by atoms with Crippen molar-refractivity contribution in [1.82, 2.24) is 0 Å². The van der Waals surface area contributed by atoms with Crippen LogP contribution in [0.2, 0.25) is 0 Å². The van der Waals surface area contributed by atoms with Gasteiger partial charge in [0.15, 0.2) is 11.5 Å². The van der Waals surface area contributed by atoms with Crippen LogP contribution < -0.4 is 9.47 Å². The fourth-order valence-electron chi connectivity index (χ4n) is 2.31. The number of aliphatic hydroxyl groups is 1. The van der Waals surface area contributed by atoms with Gasteiger partial charge in [-0.05, 0) is 30.5 Å². The Morgan fingerprint density at radius 2 is 1.94 bits per heavy atom. The van der Waals surface area contributed by atoms with Crippen LogP contribution in [0.3, 0.4) is 0 Å². The highest BCUT2D eigenvalue weighted by atomic mass is 16.6. The highest BCUT2D eigenvalue weighted by Crippen LogP contribution is 2.35. The summed E-state index contributed by atoms with van der Waals surface area (Å²) in [7, 11) is 0. The molecule has 1 saturated heterocycles. The third-order valence-electron chi connectivity index (χ3n) is 3.22. The molecule has 0 amide bonds. The Bertz CT molecular complexity index is 398. The minimum Gasteiger partial charge on any atom is -0.486 e. The number of aliphatic hydroxyl groups excluding tert-OH is 1. The van der Waals surface area contributed by atoms with E-state index in [9.17, 15) is 5.11 Å². The summed E-state index contributed by atoms with van der Waals surface area (Å²) in [6.07, 6.45) is 1.27. The minimum absolute atomic E-state index is 0.0856. The smallest absolute Gasteiger partial charge is 0.161 e. The molecule has 1 N–H and O–H groups in total. The van der Waals surface area contributed by atoms with Gasteiger partial charge in [-0.25, -0.2) is 0 Å². The molecule has 2 atom stereocenters. The maximum atomic E-state index is 10.2. The van der Waals surface area contributed by atoms with Crippen LogP contribution in [0.25, 0.3) is 0 Å². The van der Waals surface area contributed by atoms with Gasteiger partial charge in [-0.3, -0.25) is 0 Å². The van der Waals surface area contributed by atoms with Crippen molar-refractivity contribution >= 4 is 0 Å². The average molecular weight is 236 g/mol. The summed E-state index contributed by atoms with van der Waals surface area (Å²) >= 11 is 0. The average Bonchev–Trinajstić information content (AvgIpc) is 2.91. The molecule has 0 spiro atoms. The Kier molecular flexibility index (Phi) is 2.91. The number of rotatable bonds is 2. The number of hydrogen-bond donors (Lipinski definition) is 1. The molecule has 0 aliphatic carbocycles. The van der Waals surface area contributed by atoms with Crippen LogP contribution in [0.15, 0.2) is 18.2 Å². The number of fused-ring (bicyclic) bond motifs is 1. The molecule has 4 heteroatoms. The minimum atomic E-state index is -0.576. The third kappa shape index (κ3) is 2.10. The van der Waals surface area contributed by atoms with E-state index in [1.807, 2.05) is 18.2 Å². The zero-order valence-electron chi connectivity index (χ0n) is 9.59. The standard InChI is InChI=1S/C13H16O4/c14-13(11-2-1-5-15-11)9-3-4-10-12(8-9)17-7-6-16-10/h3-4,8,11,13-14H,1-2,5-7H2. The van der Waals surface area contributed by atoms with E-state index in [1.54, 1.807) is 0 Å². The number of ether oxygens (including phenoxy) is 3. The second kappa shape index (κ2) is 4.55. The van der Waals surface area contributed by atoms with Gasteiger partial charge in [0.25, 0.3) is 0 Å². The summed E-state index contributed by atoms with van der Waals surface area (Å²) in [5.41, 5.74) is 0.834. The van der Waals surface area contributed by atoms with Gasteiger partial charge in [0.1, 0.15) is 19.3 Å². The van der Waals surface area contributed by atoms with Crippen molar-refractivity contribution in [2.75, 3.05) is 19.8 Å². The predicted molar refractivity (Wildman–Crippen MR) is 61.4 cm³/mol. The largest absolute Gasteiger partial charge is 0.486 e. The quantitative estimate of drug-likeness (QED) is 0.848. The number of benzene rings is 1. The Labute approximate surface area is 100 Å². The van der Waals surface area contributed by atoms with Gasteiger partial charge in [0.2, 0.25) is 0 Å². The summed E-state index contributed by atoms with van der Waals surface area (Å²) in [6, 6.07) is 5.57. The van der Waals surface area contributed by atoms with Crippen molar-refractivity contribution in [3.63, 3.8) is 0 Å². The second-order valence-corrected chi connectivity index (χ2v) is 4.40. The van der Waals surface area contributed by atoms with E-state index in [1.165, 1.54) is 0 Å². The Morgan fingerprint density at radius 1 is 1.12 bits per heavy atom. The summed E-state index contributed by atoms with van der Waals surface area (Å²) in [4.78, 5) is 0. The van der Waals surface area contributed by atoms with E-state index < -0.39 is 6.10 Å². The molecule has 2 aliphatic rings. The molecule has 92 valence electrons. The Balaban J connectivity index is 1.82. The van der Waals surface area contributed by atoms with E-state index in [0.29, 0.717) is 19.0 Å². The molecule has 2 aliphatic heterocycles. The molecule has 1 aromatic carbocycles. The Hall–Kier alpha value is -1.26.